The van der Waals surface area contributed by atoms with Crippen molar-refractivity contribution in [2.75, 3.05) is 13.1 Å². The molecule has 0 aromatic carbocycles. The highest BCUT2D eigenvalue weighted by Gasteiger charge is 2.14. The quantitative estimate of drug-likeness (QED) is 0.703. The second kappa shape index (κ2) is 4.42. The first-order valence-electron chi connectivity index (χ1n) is 4.01. The minimum absolute atomic E-state index is 0. The highest BCUT2D eigenvalue weighted by atomic mass is 35.5. The molecule has 1 fully saturated rings. The van der Waals surface area contributed by atoms with Crippen LogP contribution in [0, 0.1) is 0 Å². The van der Waals surface area contributed by atoms with Gasteiger partial charge in [0.1, 0.15) is 12.7 Å². The van der Waals surface area contributed by atoms with Crippen LogP contribution in [-0.4, -0.2) is 27.9 Å². The number of halogens is 1. The van der Waals surface area contributed by atoms with Crippen LogP contribution in [0.5, 0.6) is 0 Å². The first-order valence-corrected chi connectivity index (χ1v) is 4.01. The summed E-state index contributed by atoms with van der Waals surface area (Å²) in [5.41, 5.74) is 0. The van der Waals surface area contributed by atoms with Crippen molar-refractivity contribution in [3.63, 3.8) is 0 Å². The van der Waals surface area contributed by atoms with Gasteiger partial charge in [-0.1, -0.05) is 0 Å². The van der Waals surface area contributed by atoms with Crippen LogP contribution in [0.25, 0.3) is 0 Å². The van der Waals surface area contributed by atoms with E-state index in [1.54, 1.807) is 12.7 Å². The van der Waals surface area contributed by atoms with Crippen molar-refractivity contribution in [3.05, 3.63) is 12.7 Å². The smallest absolute Gasteiger partial charge is 0.137 e. The molecule has 0 radical (unpaired) electrons. The van der Waals surface area contributed by atoms with Gasteiger partial charge in [-0.25, -0.2) is 9.67 Å². The summed E-state index contributed by atoms with van der Waals surface area (Å²) in [6, 6.07) is 0.568. The lowest BCUT2D eigenvalue weighted by molar-refractivity contribution is 0.342. The van der Waals surface area contributed by atoms with Crippen LogP contribution in [0.1, 0.15) is 18.9 Å². The molecule has 5 heteroatoms. The van der Waals surface area contributed by atoms with Crippen molar-refractivity contribution < 1.29 is 0 Å². The Morgan fingerprint density at radius 3 is 2.67 bits per heavy atom. The van der Waals surface area contributed by atoms with Crippen molar-refractivity contribution in [1.82, 2.24) is 20.1 Å². The third-order valence-electron chi connectivity index (χ3n) is 2.12. The summed E-state index contributed by atoms with van der Waals surface area (Å²) in [5, 5.41) is 7.43. The zero-order valence-electron chi connectivity index (χ0n) is 6.81. The molecule has 0 aliphatic carbocycles. The van der Waals surface area contributed by atoms with Crippen molar-refractivity contribution >= 4 is 12.4 Å². The van der Waals surface area contributed by atoms with Gasteiger partial charge in [-0.3, -0.25) is 0 Å². The fraction of sp³-hybridized carbons (Fsp3) is 0.714. The normalized spacial score (nSPS) is 18.7. The van der Waals surface area contributed by atoms with Crippen LogP contribution >= 0.6 is 12.4 Å². The van der Waals surface area contributed by atoms with Gasteiger partial charge in [-0.15, -0.1) is 12.4 Å². The minimum atomic E-state index is 0. The van der Waals surface area contributed by atoms with E-state index in [0.29, 0.717) is 6.04 Å². The maximum atomic E-state index is 4.12. The number of aromatic nitrogens is 3. The third-order valence-corrected chi connectivity index (χ3v) is 2.12. The number of nitrogens with zero attached hydrogens (tertiary/aromatic N) is 3. The third kappa shape index (κ3) is 1.95. The molecule has 1 saturated heterocycles. The van der Waals surface area contributed by atoms with E-state index in [1.807, 2.05) is 4.68 Å². The average Bonchev–Trinajstić information content (AvgIpc) is 2.58. The van der Waals surface area contributed by atoms with Gasteiger partial charge in [0.25, 0.3) is 0 Å². The summed E-state index contributed by atoms with van der Waals surface area (Å²) in [7, 11) is 0. The lowest BCUT2D eigenvalue weighted by Crippen LogP contribution is -2.29. The zero-order chi connectivity index (χ0) is 7.52. The SMILES string of the molecule is Cl.c1ncn(C2CCNCC2)n1. The van der Waals surface area contributed by atoms with Crippen molar-refractivity contribution in [2.45, 2.75) is 18.9 Å². The number of hydrogen-bond acceptors (Lipinski definition) is 3. The molecule has 0 bridgehead atoms. The molecule has 0 atom stereocenters. The molecule has 12 heavy (non-hydrogen) atoms. The summed E-state index contributed by atoms with van der Waals surface area (Å²) in [6.45, 7) is 2.20. The molecule has 0 spiro atoms. The Balaban J connectivity index is 0.000000720. The standard InChI is InChI=1S/C7H12N4.ClH/c1-3-8-4-2-7(1)11-6-9-5-10-11;/h5-8H,1-4H2;1H. The molecule has 2 rings (SSSR count). The average molecular weight is 189 g/mol. The predicted octanol–water partition coefficient (Wildman–Crippen LogP) is 0.624. The molecular weight excluding hydrogens is 176 g/mol. The number of piperidine rings is 1. The molecule has 1 N–H and O–H groups in total. The highest BCUT2D eigenvalue weighted by Crippen LogP contribution is 2.15. The van der Waals surface area contributed by atoms with Gasteiger partial charge in [-0.2, -0.15) is 5.10 Å². The monoisotopic (exact) mass is 188 g/mol. The van der Waals surface area contributed by atoms with E-state index in [-0.39, 0.29) is 12.4 Å². The van der Waals surface area contributed by atoms with Crippen LogP contribution in [0.15, 0.2) is 12.7 Å². The molecule has 1 aliphatic heterocycles. The van der Waals surface area contributed by atoms with Crippen LogP contribution in [0.2, 0.25) is 0 Å². The fourth-order valence-electron chi connectivity index (χ4n) is 1.48. The van der Waals surface area contributed by atoms with Gasteiger partial charge in [0, 0.05) is 0 Å². The molecule has 2 heterocycles. The van der Waals surface area contributed by atoms with Gasteiger partial charge in [-0.05, 0) is 25.9 Å². The first-order chi connectivity index (χ1) is 5.47. The molecule has 0 saturated carbocycles. The summed E-state index contributed by atoms with van der Waals surface area (Å²) in [4.78, 5) is 3.93. The number of nitrogens with one attached hydrogen (secondary N) is 1. The van der Waals surface area contributed by atoms with Crippen LogP contribution < -0.4 is 5.32 Å². The Bertz CT molecular complexity index is 205. The molecule has 0 amide bonds. The minimum Gasteiger partial charge on any atom is -0.317 e. The maximum Gasteiger partial charge on any atom is 0.137 e. The van der Waals surface area contributed by atoms with E-state index in [1.165, 1.54) is 12.8 Å². The van der Waals surface area contributed by atoms with Crippen molar-refractivity contribution in [1.29, 1.82) is 0 Å². The lowest BCUT2D eigenvalue weighted by Gasteiger charge is -2.22. The van der Waals surface area contributed by atoms with Gasteiger partial charge >= 0.3 is 0 Å². The van der Waals surface area contributed by atoms with Crippen LogP contribution in [0.3, 0.4) is 0 Å². The van der Waals surface area contributed by atoms with Crippen LogP contribution in [-0.2, 0) is 0 Å². The Morgan fingerprint density at radius 1 is 1.33 bits per heavy atom. The van der Waals surface area contributed by atoms with Crippen molar-refractivity contribution in [2.24, 2.45) is 0 Å². The summed E-state index contributed by atoms with van der Waals surface area (Å²) < 4.78 is 1.96. The molecule has 68 valence electrons. The predicted molar refractivity (Wildman–Crippen MR) is 48.4 cm³/mol. The van der Waals surface area contributed by atoms with E-state index in [9.17, 15) is 0 Å². The van der Waals surface area contributed by atoms with E-state index < -0.39 is 0 Å². The Labute approximate surface area is 77.8 Å². The Kier molecular flexibility index (Phi) is 3.49. The van der Waals surface area contributed by atoms with Crippen molar-refractivity contribution in [3.8, 4) is 0 Å². The second-order valence-electron chi connectivity index (χ2n) is 2.86. The van der Waals surface area contributed by atoms with Gasteiger partial charge in [0.2, 0.25) is 0 Å². The van der Waals surface area contributed by atoms with Gasteiger partial charge in [0.15, 0.2) is 0 Å². The van der Waals surface area contributed by atoms with Crippen LogP contribution in [0.4, 0.5) is 0 Å². The highest BCUT2D eigenvalue weighted by molar-refractivity contribution is 5.85. The van der Waals surface area contributed by atoms with E-state index >= 15 is 0 Å². The van der Waals surface area contributed by atoms with E-state index in [0.717, 1.165) is 13.1 Å². The number of hydrogen-bond donors (Lipinski definition) is 1. The summed E-state index contributed by atoms with van der Waals surface area (Å²) in [6.07, 6.45) is 5.74. The van der Waals surface area contributed by atoms with E-state index in [4.69, 9.17) is 0 Å². The topological polar surface area (TPSA) is 42.7 Å². The van der Waals surface area contributed by atoms with Gasteiger partial charge < -0.3 is 5.32 Å². The number of rotatable bonds is 1. The molecule has 1 aliphatic rings. The molecule has 4 nitrogen and oxygen atoms in total. The zero-order valence-corrected chi connectivity index (χ0v) is 7.63. The second-order valence-corrected chi connectivity index (χ2v) is 2.86. The molecule has 1 aromatic rings. The molecule has 1 aromatic heterocycles. The summed E-state index contributed by atoms with van der Waals surface area (Å²) >= 11 is 0. The van der Waals surface area contributed by atoms with Gasteiger partial charge in [0.05, 0.1) is 6.04 Å². The largest absolute Gasteiger partial charge is 0.317 e. The maximum absolute atomic E-state index is 4.12. The summed E-state index contributed by atoms with van der Waals surface area (Å²) in [5.74, 6) is 0. The fourth-order valence-corrected chi connectivity index (χ4v) is 1.48. The molecule has 0 unspecified atom stereocenters. The lowest BCUT2D eigenvalue weighted by atomic mass is 10.1. The Morgan fingerprint density at radius 2 is 2.08 bits per heavy atom. The van der Waals surface area contributed by atoms with E-state index in [2.05, 4.69) is 15.4 Å². The first kappa shape index (κ1) is 9.48. The Hall–Kier alpha value is -0.610. The molecular formula is C7H13ClN4.